The molecule has 0 aliphatic heterocycles. The largest absolute Gasteiger partial charge is 0.481 e. The van der Waals surface area contributed by atoms with Crippen LogP contribution in [0.5, 0.6) is 0 Å². The van der Waals surface area contributed by atoms with Crippen LogP contribution in [0.3, 0.4) is 0 Å². The number of fused-ring (bicyclic) bond motifs is 1. The zero-order chi connectivity index (χ0) is 14.7. The molecule has 0 atom stereocenters. The summed E-state index contributed by atoms with van der Waals surface area (Å²) in [4.78, 5) is 26.7. The lowest BCUT2D eigenvalue weighted by atomic mass is 10.2. The first-order chi connectivity index (χ1) is 9.49. The van der Waals surface area contributed by atoms with E-state index in [2.05, 4.69) is 4.98 Å². The smallest absolute Gasteiger partial charge is 0.305 e. The van der Waals surface area contributed by atoms with Crippen LogP contribution in [0.2, 0.25) is 0 Å². The van der Waals surface area contributed by atoms with Crippen LogP contribution in [0, 0.1) is 5.41 Å². The Balaban J connectivity index is 2.26. The third-order valence-electron chi connectivity index (χ3n) is 2.85. The number of aromatic nitrogens is 1. The van der Waals surface area contributed by atoms with E-state index in [4.69, 9.17) is 16.2 Å². The number of carbonyl (C=O) groups excluding carboxylic acids is 1. The monoisotopic (exact) mass is 274 g/mol. The molecule has 0 unspecified atom stereocenters. The van der Waals surface area contributed by atoms with Crippen LogP contribution in [0.4, 0.5) is 0 Å². The van der Waals surface area contributed by atoms with E-state index in [0.29, 0.717) is 0 Å². The molecule has 7 nitrogen and oxygen atoms in total. The second-order valence-electron chi connectivity index (χ2n) is 4.26. The summed E-state index contributed by atoms with van der Waals surface area (Å²) in [6.07, 6.45) is -0.272. The Morgan fingerprint density at radius 2 is 2.05 bits per heavy atom. The minimum atomic E-state index is -1.05. The minimum absolute atomic E-state index is 0.140. The van der Waals surface area contributed by atoms with Gasteiger partial charge < -0.3 is 15.8 Å². The number of amides is 1. The van der Waals surface area contributed by atoms with Gasteiger partial charge in [-0.25, -0.2) is 0 Å². The summed E-state index contributed by atoms with van der Waals surface area (Å²) >= 11 is 0. The van der Waals surface area contributed by atoms with Gasteiger partial charge in [0.25, 0.3) is 5.91 Å². The number of benzene rings is 1. The number of carboxylic acid groups (broad SMARTS) is 1. The van der Waals surface area contributed by atoms with Crippen molar-refractivity contribution in [3.63, 3.8) is 0 Å². The summed E-state index contributed by atoms with van der Waals surface area (Å²) in [5.74, 6) is -2.05. The quantitative estimate of drug-likeness (QED) is 0.490. The average molecular weight is 274 g/mol. The number of rotatable bonds is 4. The molecule has 2 aromatic rings. The van der Waals surface area contributed by atoms with Crippen LogP contribution in [-0.4, -0.2) is 39.4 Å². The molecular formula is C13H14N4O3. The molecule has 0 spiro atoms. The number of aliphatic carboxylic acids is 1. The molecule has 1 aromatic carbocycles. The molecule has 0 fully saturated rings. The van der Waals surface area contributed by atoms with Crippen molar-refractivity contribution in [3.05, 3.63) is 36.0 Å². The third kappa shape index (κ3) is 2.77. The highest BCUT2D eigenvalue weighted by molar-refractivity contribution is 6.06. The highest BCUT2D eigenvalue weighted by Gasteiger charge is 2.20. The number of hydrogen-bond donors (Lipinski definition) is 4. The van der Waals surface area contributed by atoms with Crippen molar-refractivity contribution in [1.29, 1.82) is 5.41 Å². The molecule has 5 N–H and O–H groups in total. The molecule has 1 amide bonds. The van der Waals surface area contributed by atoms with Gasteiger partial charge in [0.15, 0.2) is 5.96 Å². The van der Waals surface area contributed by atoms with E-state index in [9.17, 15) is 9.59 Å². The summed E-state index contributed by atoms with van der Waals surface area (Å²) in [6, 6.07) is 8.99. The number of aromatic amines is 1. The van der Waals surface area contributed by atoms with Crippen LogP contribution in [0.15, 0.2) is 30.3 Å². The molecule has 1 aromatic heterocycles. The lowest BCUT2D eigenvalue weighted by Crippen LogP contribution is -2.42. The highest BCUT2D eigenvalue weighted by Crippen LogP contribution is 2.16. The third-order valence-corrected chi connectivity index (χ3v) is 2.85. The highest BCUT2D eigenvalue weighted by atomic mass is 16.4. The summed E-state index contributed by atoms with van der Waals surface area (Å²) in [7, 11) is 0. The van der Waals surface area contributed by atoms with E-state index >= 15 is 0 Å². The topological polar surface area (TPSA) is 123 Å². The van der Waals surface area contributed by atoms with Crippen LogP contribution in [-0.2, 0) is 4.79 Å². The summed E-state index contributed by atoms with van der Waals surface area (Å²) in [6.45, 7) is -0.140. The molecule has 0 bridgehead atoms. The van der Waals surface area contributed by atoms with Crippen molar-refractivity contribution in [2.24, 2.45) is 5.73 Å². The van der Waals surface area contributed by atoms with Crippen molar-refractivity contribution in [1.82, 2.24) is 9.88 Å². The molecule has 20 heavy (non-hydrogen) atoms. The van der Waals surface area contributed by atoms with Gasteiger partial charge in [-0.3, -0.25) is 19.9 Å². The van der Waals surface area contributed by atoms with Crippen LogP contribution in [0.1, 0.15) is 16.9 Å². The minimum Gasteiger partial charge on any atom is -0.481 e. The molecular weight excluding hydrogens is 260 g/mol. The Labute approximate surface area is 114 Å². The van der Waals surface area contributed by atoms with Crippen molar-refractivity contribution in [2.75, 3.05) is 6.54 Å². The number of carboxylic acids is 1. The van der Waals surface area contributed by atoms with Gasteiger partial charge in [-0.05, 0) is 12.1 Å². The van der Waals surface area contributed by atoms with Crippen molar-refractivity contribution in [3.8, 4) is 0 Å². The van der Waals surface area contributed by atoms with Crippen LogP contribution >= 0.6 is 0 Å². The van der Waals surface area contributed by atoms with Gasteiger partial charge in [0.1, 0.15) is 5.69 Å². The first-order valence-corrected chi connectivity index (χ1v) is 5.94. The van der Waals surface area contributed by atoms with Crippen molar-refractivity contribution < 1.29 is 14.7 Å². The molecule has 7 heteroatoms. The average Bonchev–Trinajstić information content (AvgIpc) is 2.81. The Kier molecular flexibility index (Phi) is 3.69. The van der Waals surface area contributed by atoms with E-state index in [1.54, 1.807) is 6.07 Å². The number of guanidine groups is 1. The number of para-hydroxylation sites is 1. The predicted molar refractivity (Wildman–Crippen MR) is 73.5 cm³/mol. The summed E-state index contributed by atoms with van der Waals surface area (Å²) < 4.78 is 0. The maximum absolute atomic E-state index is 12.2. The zero-order valence-corrected chi connectivity index (χ0v) is 10.6. The van der Waals surface area contributed by atoms with Gasteiger partial charge in [-0.15, -0.1) is 0 Å². The Hall–Kier alpha value is -2.83. The number of nitrogens with zero attached hydrogens (tertiary/aromatic N) is 1. The lowest BCUT2D eigenvalue weighted by Gasteiger charge is -2.18. The molecule has 104 valence electrons. The molecule has 0 aliphatic rings. The summed E-state index contributed by atoms with van der Waals surface area (Å²) in [5, 5.41) is 16.9. The molecule has 0 saturated heterocycles. The Bertz CT molecular complexity index is 644. The maximum Gasteiger partial charge on any atom is 0.305 e. The fourth-order valence-corrected chi connectivity index (χ4v) is 1.87. The van der Waals surface area contributed by atoms with E-state index in [1.165, 1.54) is 0 Å². The number of nitrogens with one attached hydrogen (secondary N) is 2. The van der Waals surface area contributed by atoms with E-state index in [0.717, 1.165) is 15.8 Å². The van der Waals surface area contributed by atoms with Gasteiger partial charge >= 0.3 is 5.97 Å². The fraction of sp³-hybridized carbons (Fsp3) is 0.154. The molecule has 0 aliphatic carbocycles. The van der Waals surface area contributed by atoms with E-state index in [-0.39, 0.29) is 18.7 Å². The van der Waals surface area contributed by atoms with Gasteiger partial charge in [0, 0.05) is 17.4 Å². The number of nitrogens with two attached hydrogens (primary N) is 1. The van der Waals surface area contributed by atoms with Gasteiger partial charge in [-0.2, -0.15) is 0 Å². The SMILES string of the molecule is N=C(N)N(CCC(=O)O)C(=O)c1cc2ccccc2[nH]1. The first-order valence-electron chi connectivity index (χ1n) is 5.94. The Morgan fingerprint density at radius 3 is 2.65 bits per heavy atom. The molecule has 2 rings (SSSR count). The van der Waals surface area contributed by atoms with Crippen LogP contribution in [0.25, 0.3) is 10.9 Å². The molecule has 0 radical (unpaired) electrons. The molecule has 1 heterocycles. The summed E-state index contributed by atoms with van der Waals surface area (Å²) in [5.41, 5.74) is 6.40. The number of carbonyl (C=O) groups is 2. The van der Waals surface area contributed by atoms with Gasteiger partial charge in [0.05, 0.1) is 6.42 Å². The standard InChI is InChI=1S/C13H14N4O3/c14-13(15)17(6-5-11(18)19)12(20)10-7-8-3-1-2-4-9(8)16-10/h1-4,7,16H,5-6H2,(H3,14,15)(H,18,19). The van der Waals surface area contributed by atoms with Gasteiger partial charge in [0.2, 0.25) is 0 Å². The maximum atomic E-state index is 12.2. The fourth-order valence-electron chi connectivity index (χ4n) is 1.87. The van der Waals surface area contributed by atoms with Crippen molar-refractivity contribution in [2.45, 2.75) is 6.42 Å². The van der Waals surface area contributed by atoms with Gasteiger partial charge in [-0.1, -0.05) is 18.2 Å². The van der Waals surface area contributed by atoms with Crippen molar-refractivity contribution >= 4 is 28.7 Å². The number of H-pyrrole nitrogens is 1. The second kappa shape index (κ2) is 5.43. The number of hydrogen-bond acceptors (Lipinski definition) is 3. The lowest BCUT2D eigenvalue weighted by molar-refractivity contribution is -0.137. The Morgan fingerprint density at radius 1 is 1.35 bits per heavy atom. The van der Waals surface area contributed by atoms with E-state index in [1.807, 2.05) is 24.3 Å². The zero-order valence-electron chi connectivity index (χ0n) is 10.6. The van der Waals surface area contributed by atoms with E-state index < -0.39 is 17.8 Å². The predicted octanol–water partition coefficient (Wildman–Crippen LogP) is 0.978. The second-order valence-corrected chi connectivity index (χ2v) is 4.26. The van der Waals surface area contributed by atoms with Crippen LogP contribution < -0.4 is 5.73 Å². The molecule has 0 saturated carbocycles. The normalized spacial score (nSPS) is 10.4. The first kappa shape index (κ1) is 13.6.